The number of hydrogen-bond donors (Lipinski definition) is 1. The molecule has 2 atom stereocenters. The molecule has 0 bridgehead atoms. The molecule has 0 amide bonds. The van der Waals surface area contributed by atoms with Crippen LogP contribution in [-0.2, 0) is 19.1 Å². The minimum absolute atomic E-state index is 0.0335. The van der Waals surface area contributed by atoms with Crippen molar-refractivity contribution in [3.63, 3.8) is 0 Å². The van der Waals surface area contributed by atoms with Crippen molar-refractivity contribution in [2.45, 2.75) is 25.4 Å². The van der Waals surface area contributed by atoms with Gasteiger partial charge in [-0.15, -0.1) is 0 Å². The Morgan fingerprint density at radius 3 is 2.80 bits per heavy atom. The lowest BCUT2D eigenvalue weighted by Crippen LogP contribution is -2.38. The Bertz CT molecular complexity index is 861. The number of nitrogens with one attached hydrogen (secondary N) is 1. The number of rotatable bonds is 2. The topological polar surface area (TPSA) is 64.6 Å². The second kappa shape index (κ2) is 6.07. The van der Waals surface area contributed by atoms with Crippen molar-refractivity contribution in [1.29, 1.82) is 0 Å². The molecule has 1 aromatic carbocycles. The van der Waals surface area contributed by atoms with Crippen LogP contribution in [0.15, 0.2) is 45.2 Å². The quantitative estimate of drug-likeness (QED) is 0.763. The first-order valence-electron chi connectivity index (χ1n) is 8.02. The highest BCUT2D eigenvalue weighted by Gasteiger charge is 2.46. The van der Waals surface area contributed by atoms with Crippen molar-refractivity contribution >= 4 is 27.7 Å². The van der Waals surface area contributed by atoms with Crippen LogP contribution >= 0.6 is 15.9 Å². The van der Waals surface area contributed by atoms with Gasteiger partial charge in [-0.2, -0.15) is 0 Å². The van der Waals surface area contributed by atoms with Gasteiger partial charge in [0.15, 0.2) is 5.78 Å². The first-order chi connectivity index (χ1) is 12.0. The fourth-order valence-electron chi connectivity index (χ4n) is 3.58. The maximum Gasteiger partial charge on any atom is 0.337 e. The Balaban J connectivity index is 1.92. The average molecular weight is 408 g/mol. The molecule has 1 aromatic rings. The molecule has 0 saturated carbocycles. The third kappa shape index (κ3) is 2.53. The van der Waals surface area contributed by atoms with Gasteiger partial charge < -0.3 is 14.8 Å². The molecule has 0 radical (unpaired) electrons. The largest absolute Gasteiger partial charge is 0.452 e. The molecule has 0 spiro atoms. The van der Waals surface area contributed by atoms with Crippen LogP contribution in [0.2, 0.25) is 0 Å². The lowest BCUT2D eigenvalue weighted by atomic mass is 9.78. The first-order valence-corrected chi connectivity index (χ1v) is 8.81. The number of Topliss-reactive ketones (excluding diaryl/α,β-unsaturated/α-hetero) is 1. The molecule has 5 nitrogen and oxygen atoms in total. The van der Waals surface area contributed by atoms with E-state index in [0.29, 0.717) is 34.5 Å². The SMILES string of the molecule is CC[C@@H]1OC(=O)C2=C1NC1=C(C(=O)COC1)[C@H]2c1ccc(F)c(Br)c1. The van der Waals surface area contributed by atoms with Crippen LogP contribution in [0.3, 0.4) is 0 Å². The fourth-order valence-corrected chi connectivity index (χ4v) is 3.98. The van der Waals surface area contributed by atoms with Gasteiger partial charge in [0.05, 0.1) is 22.3 Å². The Labute approximate surface area is 152 Å². The van der Waals surface area contributed by atoms with Crippen molar-refractivity contribution in [2.24, 2.45) is 0 Å². The van der Waals surface area contributed by atoms with Crippen molar-refractivity contribution in [2.75, 3.05) is 13.2 Å². The average Bonchev–Trinajstić information content (AvgIpc) is 2.92. The molecule has 0 fully saturated rings. The molecule has 7 heteroatoms. The van der Waals surface area contributed by atoms with E-state index in [1.807, 2.05) is 6.92 Å². The molecular formula is C18H15BrFNO4. The molecule has 3 aliphatic heterocycles. The number of esters is 1. The molecule has 4 rings (SSSR count). The van der Waals surface area contributed by atoms with E-state index in [1.165, 1.54) is 6.07 Å². The van der Waals surface area contributed by atoms with Crippen LogP contribution < -0.4 is 5.32 Å². The molecular weight excluding hydrogens is 393 g/mol. The second-order valence-electron chi connectivity index (χ2n) is 6.17. The summed E-state index contributed by atoms with van der Waals surface area (Å²) in [5.41, 5.74) is 2.92. The number of cyclic esters (lactones) is 1. The van der Waals surface area contributed by atoms with E-state index in [0.717, 1.165) is 0 Å². The summed E-state index contributed by atoms with van der Waals surface area (Å²) in [7, 11) is 0. The standard InChI is InChI=1S/C18H15BrFNO4/c1-2-13-17-16(18(23)25-13)14(8-3-4-10(20)9(19)5-8)15-11(21-17)6-24-7-12(15)22/h3-5,13-14,21H,2,6-7H2,1H3/t13-,14+/m0/s1. The van der Waals surface area contributed by atoms with Gasteiger partial charge in [0.1, 0.15) is 18.5 Å². The smallest absolute Gasteiger partial charge is 0.337 e. The van der Waals surface area contributed by atoms with E-state index < -0.39 is 17.7 Å². The summed E-state index contributed by atoms with van der Waals surface area (Å²) in [5.74, 6) is -1.60. The van der Waals surface area contributed by atoms with Crippen molar-refractivity contribution in [3.8, 4) is 0 Å². The highest BCUT2D eigenvalue weighted by molar-refractivity contribution is 9.10. The van der Waals surface area contributed by atoms with E-state index in [1.54, 1.807) is 12.1 Å². The Morgan fingerprint density at radius 2 is 2.08 bits per heavy atom. The normalized spacial score (nSPS) is 25.6. The third-order valence-electron chi connectivity index (χ3n) is 4.70. The zero-order valence-electron chi connectivity index (χ0n) is 13.4. The maximum atomic E-state index is 13.7. The number of dihydropyridines is 1. The maximum absolute atomic E-state index is 13.7. The highest BCUT2D eigenvalue weighted by atomic mass is 79.9. The number of ether oxygens (including phenoxy) is 2. The minimum atomic E-state index is -0.580. The van der Waals surface area contributed by atoms with E-state index in [2.05, 4.69) is 21.2 Å². The molecule has 0 aromatic heterocycles. The van der Waals surface area contributed by atoms with Gasteiger partial charge in [-0.25, -0.2) is 9.18 Å². The summed E-state index contributed by atoms with van der Waals surface area (Å²) in [6.45, 7) is 2.15. The molecule has 0 saturated heterocycles. The van der Waals surface area contributed by atoms with Gasteiger partial charge in [0.25, 0.3) is 0 Å². The lowest BCUT2D eigenvalue weighted by molar-refractivity contribution is -0.140. The molecule has 130 valence electrons. The number of carbonyl (C=O) groups is 2. The molecule has 1 N–H and O–H groups in total. The highest BCUT2D eigenvalue weighted by Crippen LogP contribution is 2.44. The van der Waals surface area contributed by atoms with Crippen molar-refractivity contribution in [1.82, 2.24) is 5.32 Å². The Hall–Kier alpha value is -1.99. The summed E-state index contributed by atoms with van der Waals surface area (Å²) in [4.78, 5) is 25.1. The molecule has 3 heterocycles. The summed E-state index contributed by atoms with van der Waals surface area (Å²) < 4.78 is 24.8. The fraction of sp³-hybridized carbons (Fsp3) is 0.333. The molecule has 25 heavy (non-hydrogen) atoms. The summed E-state index contributed by atoms with van der Waals surface area (Å²) >= 11 is 3.18. The van der Waals surface area contributed by atoms with Crippen LogP contribution in [0.5, 0.6) is 0 Å². The van der Waals surface area contributed by atoms with Gasteiger partial charge in [0, 0.05) is 17.2 Å². The zero-order valence-corrected chi connectivity index (χ0v) is 15.0. The number of ketones is 1. The summed E-state index contributed by atoms with van der Waals surface area (Å²) in [6.07, 6.45) is 0.245. The number of hydrogen-bond acceptors (Lipinski definition) is 5. The van der Waals surface area contributed by atoms with Crippen LogP contribution in [0, 0.1) is 5.82 Å². The van der Waals surface area contributed by atoms with Gasteiger partial charge >= 0.3 is 5.97 Å². The summed E-state index contributed by atoms with van der Waals surface area (Å²) in [6, 6.07) is 4.53. The molecule has 0 unspecified atom stereocenters. The van der Waals surface area contributed by atoms with Crippen LogP contribution in [0.4, 0.5) is 4.39 Å². The van der Waals surface area contributed by atoms with Gasteiger partial charge in [-0.1, -0.05) is 13.0 Å². The Kier molecular flexibility index (Phi) is 4.00. The number of halogens is 2. The van der Waals surface area contributed by atoms with Gasteiger partial charge in [-0.3, -0.25) is 4.79 Å². The predicted molar refractivity (Wildman–Crippen MR) is 90.0 cm³/mol. The van der Waals surface area contributed by atoms with Crippen molar-refractivity contribution in [3.05, 3.63) is 56.6 Å². The van der Waals surface area contributed by atoms with E-state index in [4.69, 9.17) is 9.47 Å². The van der Waals surface area contributed by atoms with Crippen LogP contribution in [-0.4, -0.2) is 31.1 Å². The number of carbonyl (C=O) groups excluding carboxylic acids is 2. The molecule has 0 aliphatic carbocycles. The molecule has 3 aliphatic rings. The van der Waals surface area contributed by atoms with Crippen LogP contribution in [0.1, 0.15) is 24.8 Å². The third-order valence-corrected chi connectivity index (χ3v) is 5.30. The van der Waals surface area contributed by atoms with Gasteiger partial charge in [-0.05, 0) is 40.0 Å². The monoisotopic (exact) mass is 407 g/mol. The second-order valence-corrected chi connectivity index (χ2v) is 7.02. The van der Waals surface area contributed by atoms with Crippen LogP contribution in [0.25, 0.3) is 0 Å². The van der Waals surface area contributed by atoms with Gasteiger partial charge in [0.2, 0.25) is 0 Å². The summed E-state index contributed by atoms with van der Waals surface area (Å²) in [5, 5.41) is 3.19. The van der Waals surface area contributed by atoms with E-state index in [-0.39, 0.29) is 29.6 Å². The van der Waals surface area contributed by atoms with E-state index in [9.17, 15) is 14.0 Å². The first kappa shape index (κ1) is 16.5. The number of benzene rings is 1. The van der Waals surface area contributed by atoms with E-state index >= 15 is 0 Å². The Morgan fingerprint density at radius 1 is 1.28 bits per heavy atom. The lowest BCUT2D eigenvalue weighted by Gasteiger charge is -2.32. The zero-order chi connectivity index (χ0) is 17.7. The van der Waals surface area contributed by atoms with Crippen molar-refractivity contribution < 1.29 is 23.5 Å². The predicted octanol–water partition coefficient (Wildman–Crippen LogP) is 2.72. The minimum Gasteiger partial charge on any atom is -0.452 e.